The van der Waals surface area contributed by atoms with Crippen molar-refractivity contribution in [3.63, 3.8) is 0 Å². The maximum Gasteiger partial charge on any atom is 0.269 e. The van der Waals surface area contributed by atoms with Crippen molar-refractivity contribution < 1.29 is 14.5 Å². The highest BCUT2D eigenvalue weighted by atomic mass is 16.6. The molecule has 1 heterocycles. The van der Waals surface area contributed by atoms with Crippen LogP contribution in [0.4, 0.5) is 5.69 Å². The normalized spacial score (nSPS) is 10.3. The molecule has 0 saturated carbocycles. The number of nitro benzene ring substituents is 1. The number of hydrogen-bond acceptors (Lipinski definition) is 6. The monoisotopic (exact) mass is 324 g/mol. The number of carbonyl (C=O) groups is 1. The Bertz CT molecular complexity index is 843. The van der Waals surface area contributed by atoms with Crippen LogP contribution in [0.15, 0.2) is 61.2 Å². The Balaban J connectivity index is 1.65. The molecule has 0 radical (unpaired) electrons. The van der Waals surface area contributed by atoms with E-state index in [1.165, 1.54) is 41.6 Å². The molecule has 0 aliphatic rings. The molecule has 0 amide bonds. The highest BCUT2D eigenvalue weighted by Crippen LogP contribution is 2.24. The number of ketones is 1. The molecule has 3 rings (SSSR count). The van der Waals surface area contributed by atoms with E-state index in [1.807, 2.05) is 0 Å². The van der Waals surface area contributed by atoms with Crippen LogP contribution in [-0.2, 0) is 6.54 Å². The lowest BCUT2D eigenvalue weighted by atomic mass is 10.1. The summed E-state index contributed by atoms with van der Waals surface area (Å²) in [5.74, 6) is 0.908. The van der Waals surface area contributed by atoms with Crippen LogP contribution in [0.2, 0.25) is 0 Å². The molecule has 0 N–H and O–H groups in total. The van der Waals surface area contributed by atoms with Crippen LogP contribution in [0, 0.1) is 10.1 Å². The standard InChI is InChI=1S/C16H12N4O4/c21-16(9-19-11-17-10-18-19)12-1-5-14(6-2-12)24-15-7-3-13(4-8-15)20(22)23/h1-8,10-11H,9H2. The Labute approximate surface area is 136 Å². The SMILES string of the molecule is O=C(Cn1cncn1)c1ccc(Oc2ccc([N+](=O)[O-])cc2)cc1. The molecule has 0 atom stereocenters. The Kier molecular flexibility index (Phi) is 4.28. The van der Waals surface area contributed by atoms with Crippen molar-refractivity contribution in [2.75, 3.05) is 0 Å². The number of rotatable bonds is 6. The summed E-state index contributed by atoms with van der Waals surface area (Å²) in [5.41, 5.74) is 0.526. The topological polar surface area (TPSA) is 100 Å². The number of nitrogens with zero attached hydrogens (tertiary/aromatic N) is 4. The summed E-state index contributed by atoms with van der Waals surface area (Å²) in [6, 6.07) is 12.4. The quantitative estimate of drug-likeness (QED) is 0.392. The second-order valence-corrected chi connectivity index (χ2v) is 4.89. The summed E-state index contributed by atoms with van der Waals surface area (Å²) >= 11 is 0. The first-order chi connectivity index (χ1) is 11.6. The van der Waals surface area contributed by atoms with Gasteiger partial charge in [0.25, 0.3) is 5.69 Å². The Morgan fingerprint density at radius 3 is 2.25 bits per heavy atom. The number of carbonyl (C=O) groups excluding carboxylic acids is 1. The number of hydrogen-bond donors (Lipinski definition) is 0. The van der Waals surface area contributed by atoms with Gasteiger partial charge in [-0.2, -0.15) is 5.10 Å². The van der Waals surface area contributed by atoms with Crippen LogP contribution in [0.3, 0.4) is 0 Å². The van der Waals surface area contributed by atoms with Crippen LogP contribution in [-0.4, -0.2) is 25.5 Å². The van der Waals surface area contributed by atoms with Gasteiger partial charge in [0.05, 0.1) is 4.92 Å². The lowest BCUT2D eigenvalue weighted by Crippen LogP contribution is -2.10. The summed E-state index contributed by atoms with van der Waals surface area (Å²) in [7, 11) is 0. The van der Waals surface area contributed by atoms with Crippen molar-refractivity contribution in [1.29, 1.82) is 0 Å². The average Bonchev–Trinajstić information content (AvgIpc) is 3.09. The summed E-state index contributed by atoms with van der Waals surface area (Å²) in [6.07, 6.45) is 2.85. The van der Waals surface area contributed by atoms with Crippen molar-refractivity contribution >= 4 is 11.5 Å². The van der Waals surface area contributed by atoms with Crippen molar-refractivity contribution in [1.82, 2.24) is 14.8 Å². The molecule has 1 aromatic heterocycles. The first-order valence-corrected chi connectivity index (χ1v) is 7.00. The third-order valence-electron chi connectivity index (χ3n) is 3.23. The van der Waals surface area contributed by atoms with Crippen LogP contribution < -0.4 is 4.74 Å². The van der Waals surface area contributed by atoms with Crippen LogP contribution in [0.5, 0.6) is 11.5 Å². The number of aromatic nitrogens is 3. The maximum absolute atomic E-state index is 12.1. The molecule has 0 saturated heterocycles. The Morgan fingerprint density at radius 1 is 1.08 bits per heavy atom. The number of ether oxygens (including phenoxy) is 1. The second kappa shape index (κ2) is 6.69. The van der Waals surface area contributed by atoms with Gasteiger partial charge < -0.3 is 4.74 Å². The fourth-order valence-corrected chi connectivity index (χ4v) is 2.03. The molecule has 2 aromatic carbocycles. The molecule has 8 heteroatoms. The third kappa shape index (κ3) is 3.61. The van der Waals surface area contributed by atoms with Crippen LogP contribution in [0.25, 0.3) is 0 Å². The predicted octanol–water partition coefficient (Wildman–Crippen LogP) is 2.86. The average molecular weight is 324 g/mol. The third-order valence-corrected chi connectivity index (χ3v) is 3.23. The lowest BCUT2D eigenvalue weighted by Gasteiger charge is -2.06. The molecule has 24 heavy (non-hydrogen) atoms. The molecule has 8 nitrogen and oxygen atoms in total. The molecule has 0 fully saturated rings. The predicted molar refractivity (Wildman–Crippen MR) is 84.0 cm³/mol. The minimum absolute atomic E-state index is 0.00333. The van der Waals surface area contributed by atoms with Gasteiger partial charge in [-0.3, -0.25) is 14.9 Å². The van der Waals surface area contributed by atoms with E-state index in [0.29, 0.717) is 17.1 Å². The molecule has 0 unspecified atom stereocenters. The summed E-state index contributed by atoms with van der Waals surface area (Å²) in [5, 5.41) is 14.5. The zero-order valence-corrected chi connectivity index (χ0v) is 12.4. The van der Waals surface area contributed by atoms with Gasteiger partial charge in [0, 0.05) is 17.7 Å². The summed E-state index contributed by atoms with van der Waals surface area (Å²) in [4.78, 5) is 26.0. The van der Waals surface area contributed by atoms with E-state index < -0.39 is 4.92 Å². The molecular weight excluding hydrogens is 312 g/mol. The van der Waals surface area contributed by atoms with Gasteiger partial charge in [-0.1, -0.05) is 0 Å². The van der Waals surface area contributed by atoms with Crippen molar-refractivity contribution in [3.8, 4) is 11.5 Å². The van der Waals surface area contributed by atoms with Gasteiger partial charge in [0.1, 0.15) is 30.7 Å². The minimum atomic E-state index is -0.473. The van der Waals surface area contributed by atoms with E-state index >= 15 is 0 Å². The highest BCUT2D eigenvalue weighted by molar-refractivity contribution is 5.95. The van der Waals surface area contributed by atoms with E-state index in [9.17, 15) is 14.9 Å². The van der Waals surface area contributed by atoms with Gasteiger partial charge in [0.2, 0.25) is 0 Å². The van der Waals surface area contributed by atoms with E-state index in [1.54, 1.807) is 24.3 Å². The fourth-order valence-electron chi connectivity index (χ4n) is 2.03. The van der Waals surface area contributed by atoms with E-state index in [2.05, 4.69) is 10.1 Å². The minimum Gasteiger partial charge on any atom is -0.457 e. The van der Waals surface area contributed by atoms with Gasteiger partial charge >= 0.3 is 0 Å². The first-order valence-electron chi connectivity index (χ1n) is 7.00. The molecule has 0 spiro atoms. The molecule has 0 aliphatic heterocycles. The fraction of sp³-hybridized carbons (Fsp3) is 0.0625. The molecule has 0 aliphatic carbocycles. The smallest absolute Gasteiger partial charge is 0.269 e. The zero-order valence-electron chi connectivity index (χ0n) is 12.4. The Hall–Kier alpha value is -3.55. The van der Waals surface area contributed by atoms with E-state index in [4.69, 9.17) is 4.74 Å². The van der Waals surface area contributed by atoms with Crippen LogP contribution in [0.1, 0.15) is 10.4 Å². The van der Waals surface area contributed by atoms with Crippen molar-refractivity contribution in [2.24, 2.45) is 0 Å². The number of benzene rings is 2. The molecular formula is C16H12N4O4. The number of nitro groups is 1. The van der Waals surface area contributed by atoms with Crippen LogP contribution >= 0.6 is 0 Å². The Morgan fingerprint density at radius 2 is 1.71 bits per heavy atom. The van der Waals surface area contributed by atoms with Gasteiger partial charge in [-0.05, 0) is 36.4 Å². The summed E-state index contributed by atoms with van der Waals surface area (Å²) < 4.78 is 7.04. The zero-order chi connectivity index (χ0) is 16.9. The maximum atomic E-state index is 12.1. The van der Waals surface area contributed by atoms with Gasteiger partial charge in [-0.25, -0.2) is 9.67 Å². The highest BCUT2D eigenvalue weighted by Gasteiger charge is 2.08. The van der Waals surface area contributed by atoms with Gasteiger partial charge in [0.15, 0.2) is 5.78 Å². The van der Waals surface area contributed by atoms with Crippen molar-refractivity contribution in [3.05, 3.63) is 76.9 Å². The molecule has 120 valence electrons. The second-order valence-electron chi connectivity index (χ2n) is 4.89. The lowest BCUT2D eigenvalue weighted by molar-refractivity contribution is -0.384. The first kappa shape index (κ1) is 15.3. The molecule has 0 bridgehead atoms. The number of Topliss-reactive ketones (excluding diaryl/α,β-unsaturated/α-hetero) is 1. The summed E-state index contributed by atoms with van der Waals surface area (Å²) in [6.45, 7) is 0.114. The van der Waals surface area contributed by atoms with Crippen molar-refractivity contribution in [2.45, 2.75) is 6.54 Å². The van der Waals surface area contributed by atoms with E-state index in [-0.39, 0.29) is 18.0 Å². The van der Waals surface area contributed by atoms with Gasteiger partial charge in [-0.15, -0.1) is 0 Å². The number of non-ortho nitro benzene ring substituents is 1. The molecule has 3 aromatic rings. The largest absolute Gasteiger partial charge is 0.457 e. The van der Waals surface area contributed by atoms with E-state index in [0.717, 1.165) is 0 Å².